The van der Waals surface area contributed by atoms with Gasteiger partial charge < -0.3 is 27.0 Å². The van der Waals surface area contributed by atoms with Gasteiger partial charge >= 0.3 is 0 Å². The van der Waals surface area contributed by atoms with Gasteiger partial charge in [0, 0.05) is 29.7 Å². The van der Waals surface area contributed by atoms with Crippen molar-refractivity contribution in [2.75, 3.05) is 30.3 Å². The number of primary amides is 1. The molecule has 10 heteroatoms. The molecule has 1 aliphatic carbocycles. The van der Waals surface area contributed by atoms with Crippen molar-refractivity contribution in [3.05, 3.63) is 41.8 Å². The summed E-state index contributed by atoms with van der Waals surface area (Å²) in [6.07, 6.45) is 8.19. The molecule has 0 unspecified atom stereocenters. The molecule has 2 aliphatic rings. The Morgan fingerprint density at radius 3 is 2.66 bits per heavy atom. The van der Waals surface area contributed by atoms with Crippen LogP contribution < -0.4 is 22.1 Å². The van der Waals surface area contributed by atoms with Crippen LogP contribution in [0.3, 0.4) is 0 Å². The number of carbonyl (C=O) groups is 1. The van der Waals surface area contributed by atoms with Crippen LogP contribution in [0.15, 0.2) is 30.5 Å². The summed E-state index contributed by atoms with van der Waals surface area (Å²) in [5.74, 6) is -1.11. The quantitative estimate of drug-likeness (QED) is 0.390. The molecule has 2 fully saturated rings. The number of hydrogen-bond donors (Lipinski definition) is 4. The van der Waals surface area contributed by atoms with Gasteiger partial charge in [0.25, 0.3) is 5.91 Å². The topological polar surface area (TPSA) is 127 Å². The molecule has 9 nitrogen and oxygen atoms in total. The molecule has 1 saturated carbocycles. The summed E-state index contributed by atoms with van der Waals surface area (Å²) >= 11 is 0. The fourth-order valence-corrected chi connectivity index (χ4v) is 5.09. The number of likely N-dealkylation sites (tertiary alicyclic amines) is 1. The number of anilines is 3. The molecule has 1 amide bonds. The minimum Gasteiger partial charge on any atom is -0.365 e. The predicted octanol–water partition coefficient (Wildman–Crippen LogP) is 3.19. The number of nitrogens with zero attached hydrogens (tertiary/aromatic N) is 4. The van der Waals surface area contributed by atoms with Gasteiger partial charge in [-0.3, -0.25) is 9.48 Å². The molecule has 2 atom stereocenters. The van der Waals surface area contributed by atoms with Crippen LogP contribution in [0.2, 0.25) is 0 Å². The van der Waals surface area contributed by atoms with E-state index >= 15 is 0 Å². The first-order valence-corrected chi connectivity index (χ1v) is 12.5. The second-order valence-electron chi connectivity index (χ2n) is 9.59. The number of nitrogens with two attached hydrogens (primary N) is 2. The first kappa shape index (κ1) is 23.5. The van der Waals surface area contributed by atoms with E-state index in [2.05, 4.69) is 25.6 Å². The van der Waals surface area contributed by atoms with Crippen molar-refractivity contribution < 1.29 is 9.18 Å². The lowest BCUT2D eigenvalue weighted by molar-refractivity contribution is 0.100. The minimum atomic E-state index is -0.753. The van der Waals surface area contributed by atoms with Gasteiger partial charge in [-0.05, 0) is 63.0 Å². The summed E-state index contributed by atoms with van der Waals surface area (Å²) in [6.45, 7) is 4.03. The number of halogens is 1. The molecule has 3 heterocycles. The number of amides is 1. The van der Waals surface area contributed by atoms with Crippen LogP contribution in [0.25, 0.3) is 10.9 Å². The van der Waals surface area contributed by atoms with Crippen LogP contribution >= 0.6 is 0 Å². The smallest absolute Gasteiger partial charge is 0.252 e. The zero-order valence-corrected chi connectivity index (χ0v) is 19.8. The molecule has 3 aromatic rings. The molecular weight excluding hydrogens is 447 g/mol. The van der Waals surface area contributed by atoms with Crippen molar-refractivity contribution in [3.8, 4) is 0 Å². The predicted molar refractivity (Wildman–Crippen MR) is 135 cm³/mol. The van der Waals surface area contributed by atoms with Gasteiger partial charge in [0.2, 0.25) is 0 Å². The Balaban J connectivity index is 1.40. The largest absolute Gasteiger partial charge is 0.365 e. The number of fused-ring (bicyclic) bond motifs is 1. The second kappa shape index (κ2) is 10.2. The second-order valence-corrected chi connectivity index (χ2v) is 9.59. The number of benzene rings is 1. The van der Waals surface area contributed by atoms with Gasteiger partial charge in [-0.1, -0.05) is 12.8 Å². The summed E-state index contributed by atoms with van der Waals surface area (Å²) in [5, 5.41) is 11.9. The highest BCUT2D eigenvalue weighted by Gasteiger charge is 2.24. The van der Waals surface area contributed by atoms with Gasteiger partial charge in [-0.2, -0.15) is 5.10 Å². The lowest BCUT2D eigenvalue weighted by atomic mass is 9.91. The molecule has 35 heavy (non-hydrogen) atoms. The number of pyridine rings is 1. The van der Waals surface area contributed by atoms with Gasteiger partial charge in [-0.15, -0.1) is 0 Å². The number of aromatic nitrogens is 3. The van der Waals surface area contributed by atoms with Crippen molar-refractivity contribution in [1.82, 2.24) is 19.7 Å². The molecule has 1 aromatic carbocycles. The van der Waals surface area contributed by atoms with E-state index in [0.29, 0.717) is 5.69 Å². The summed E-state index contributed by atoms with van der Waals surface area (Å²) < 4.78 is 16.8. The third-order valence-corrected chi connectivity index (χ3v) is 7.12. The average Bonchev–Trinajstić information content (AvgIpc) is 3.50. The van der Waals surface area contributed by atoms with Crippen molar-refractivity contribution in [2.45, 2.75) is 57.2 Å². The monoisotopic (exact) mass is 480 g/mol. The van der Waals surface area contributed by atoms with E-state index in [1.165, 1.54) is 12.8 Å². The molecule has 186 valence electrons. The fourth-order valence-electron chi connectivity index (χ4n) is 5.09. The maximum Gasteiger partial charge on any atom is 0.252 e. The fraction of sp³-hybridized carbons (Fsp3) is 0.480. The number of carbonyl (C=O) groups excluding carboxylic acids is 1. The first-order valence-electron chi connectivity index (χ1n) is 12.5. The molecule has 0 spiro atoms. The molecule has 1 saturated heterocycles. The first-order chi connectivity index (χ1) is 17.0. The molecular formula is C25H33FN8O. The normalized spacial score (nSPS) is 20.9. The van der Waals surface area contributed by atoms with E-state index in [-0.39, 0.29) is 29.3 Å². The highest BCUT2D eigenvalue weighted by Crippen LogP contribution is 2.28. The van der Waals surface area contributed by atoms with E-state index in [1.807, 2.05) is 29.1 Å². The van der Waals surface area contributed by atoms with E-state index in [9.17, 15) is 9.18 Å². The SMILES string of the molecule is NC(=O)c1cc(F)c(N[C@@H]2CCCC[C@@H]2N)nc1Nc1ccc2cnn(CCN3CCCC3)c2c1. The third-order valence-electron chi connectivity index (χ3n) is 7.12. The van der Waals surface area contributed by atoms with Crippen molar-refractivity contribution in [2.24, 2.45) is 11.5 Å². The van der Waals surface area contributed by atoms with Crippen molar-refractivity contribution >= 4 is 34.1 Å². The Labute approximate surface area is 204 Å². The third kappa shape index (κ3) is 5.23. The van der Waals surface area contributed by atoms with Gasteiger partial charge in [0.05, 0.1) is 23.8 Å². The van der Waals surface area contributed by atoms with Crippen LogP contribution in [-0.4, -0.2) is 57.3 Å². The molecule has 5 rings (SSSR count). The average molecular weight is 481 g/mol. The lowest BCUT2D eigenvalue weighted by Crippen LogP contribution is -2.43. The zero-order chi connectivity index (χ0) is 24.4. The minimum absolute atomic E-state index is 0.0105. The highest BCUT2D eigenvalue weighted by molar-refractivity contribution is 5.99. The summed E-state index contributed by atoms with van der Waals surface area (Å²) in [5.41, 5.74) is 13.4. The Morgan fingerprint density at radius 2 is 1.89 bits per heavy atom. The Morgan fingerprint density at radius 1 is 1.09 bits per heavy atom. The number of hydrogen-bond acceptors (Lipinski definition) is 7. The van der Waals surface area contributed by atoms with Crippen molar-refractivity contribution in [3.63, 3.8) is 0 Å². The number of rotatable bonds is 8. The van der Waals surface area contributed by atoms with Crippen LogP contribution in [-0.2, 0) is 6.54 Å². The summed E-state index contributed by atoms with van der Waals surface area (Å²) in [6, 6.07) is 6.80. The van der Waals surface area contributed by atoms with Gasteiger partial charge in [0.1, 0.15) is 5.82 Å². The van der Waals surface area contributed by atoms with E-state index in [4.69, 9.17) is 11.5 Å². The van der Waals surface area contributed by atoms with Crippen molar-refractivity contribution in [1.29, 1.82) is 0 Å². The maximum atomic E-state index is 14.8. The molecule has 6 N–H and O–H groups in total. The summed E-state index contributed by atoms with van der Waals surface area (Å²) in [4.78, 5) is 18.9. The van der Waals surface area contributed by atoms with E-state index < -0.39 is 11.7 Å². The van der Waals surface area contributed by atoms with Crippen LogP contribution in [0.5, 0.6) is 0 Å². The molecule has 2 aromatic heterocycles. The van der Waals surface area contributed by atoms with Crippen LogP contribution in [0.1, 0.15) is 48.9 Å². The molecule has 0 bridgehead atoms. The van der Waals surface area contributed by atoms with E-state index in [1.54, 1.807) is 0 Å². The zero-order valence-electron chi connectivity index (χ0n) is 19.8. The molecule has 0 radical (unpaired) electrons. The Kier molecular flexibility index (Phi) is 6.83. The van der Waals surface area contributed by atoms with Gasteiger partial charge in [-0.25, -0.2) is 9.37 Å². The summed E-state index contributed by atoms with van der Waals surface area (Å²) in [7, 11) is 0. The van der Waals surface area contributed by atoms with Crippen LogP contribution in [0.4, 0.5) is 21.7 Å². The Hall–Kier alpha value is -3.24. The highest BCUT2D eigenvalue weighted by atomic mass is 19.1. The standard InChI is InChI=1S/C25H33FN8O/c26-19-14-18(23(28)35)24(32-25(19)31-21-6-2-1-5-20(21)27)30-17-8-7-16-15-29-34(22(16)13-17)12-11-33-9-3-4-10-33/h7-8,13-15,20-21H,1-6,9-12,27H2,(H2,28,35)(H2,30,31,32)/t20-,21+/m0/s1. The van der Waals surface area contributed by atoms with Gasteiger partial charge in [0.15, 0.2) is 11.6 Å². The van der Waals surface area contributed by atoms with E-state index in [0.717, 1.165) is 68.8 Å². The maximum absolute atomic E-state index is 14.8. The molecule has 1 aliphatic heterocycles. The lowest BCUT2D eigenvalue weighted by Gasteiger charge is -2.30. The Bertz CT molecular complexity index is 1210. The number of nitrogens with one attached hydrogen (secondary N) is 2. The van der Waals surface area contributed by atoms with Crippen LogP contribution in [0, 0.1) is 5.82 Å².